The average Bonchev–Trinajstić information content (AvgIpc) is 2.88. The van der Waals surface area contributed by atoms with Crippen molar-refractivity contribution < 1.29 is 18.3 Å². The maximum Gasteiger partial charge on any atom is 0.257 e. The molecule has 2 aromatic carbocycles. The second-order valence-corrected chi connectivity index (χ2v) is 9.04. The number of halogens is 2. The first-order valence-electron chi connectivity index (χ1n) is 12.0. The van der Waals surface area contributed by atoms with Crippen LogP contribution in [0.4, 0.5) is 14.6 Å². The molecule has 2 heterocycles. The quantitative estimate of drug-likeness (QED) is 0.340. The maximum atomic E-state index is 13.5. The van der Waals surface area contributed by atoms with Crippen molar-refractivity contribution in [2.75, 3.05) is 5.32 Å². The number of carbonyl (C=O) groups excluding carboxylic acids is 1. The van der Waals surface area contributed by atoms with Crippen LogP contribution in [0.2, 0.25) is 0 Å². The number of carbonyl (C=O) groups is 1. The number of hydrogen-bond acceptors (Lipinski definition) is 5. The van der Waals surface area contributed by atoms with E-state index in [9.17, 15) is 13.6 Å². The van der Waals surface area contributed by atoms with Crippen molar-refractivity contribution in [2.24, 2.45) is 0 Å². The summed E-state index contributed by atoms with van der Waals surface area (Å²) in [5.41, 5.74) is 2.39. The molecule has 0 atom stereocenters. The van der Waals surface area contributed by atoms with Crippen molar-refractivity contribution in [1.82, 2.24) is 15.3 Å². The highest BCUT2D eigenvalue weighted by atomic mass is 19.2. The fraction of sp³-hybridized carbons (Fsp3) is 0.250. The summed E-state index contributed by atoms with van der Waals surface area (Å²) in [6.45, 7) is 2.09. The van der Waals surface area contributed by atoms with Gasteiger partial charge in [-0.3, -0.25) is 4.79 Å². The van der Waals surface area contributed by atoms with E-state index in [2.05, 4.69) is 34.7 Å². The van der Waals surface area contributed by atoms with Gasteiger partial charge in [0.25, 0.3) is 5.91 Å². The first kappa shape index (κ1) is 23.7. The molecule has 0 unspecified atom stereocenters. The van der Waals surface area contributed by atoms with Gasteiger partial charge in [-0.25, -0.2) is 18.7 Å². The Labute approximate surface area is 207 Å². The first-order valence-corrected chi connectivity index (χ1v) is 12.0. The lowest BCUT2D eigenvalue weighted by atomic mass is 9.91. The highest BCUT2D eigenvalue weighted by molar-refractivity contribution is 5.96. The number of amides is 1. The Kier molecular flexibility index (Phi) is 6.75. The number of hydrogen-bond donors (Lipinski definition) is 2. The lowest BCUT2D eigenvalue weighted by Gasteiger charge is -2.30. The predicted molar refractivity (Wildman–Crippen MR) is 134 cm³/mol. The second kappa shape index (κ2) is 10.3. The Morgan fingerprint density at radius 3 is 2.53 bits per heavy atom. The van der Waals surface area contributed by atoms with E-state index < -0.39 is 11.6 Å². The molecule has 1 saturated carbocycles. The number of para-hydroxylation sites is 1. The fourth-order valence-corrected chi connectivity index (χ4v) is 4.57. The number of ether oxygens (including phenoxy) is 1. The summed E-state index contributed by atoms with van der Waals surface area (Å²) in [6, 6.07) is 16.9. The third-order valence-electron chi connectivity index (χ3n) is 6.46. The molecule has 0 aliphatic heterocycles. The summed E-state index contributed by atoms with van der Waals surface area (Å²) in [5.74, 6) is -1.36. The summed E-state index contributed by atoms with van der Waals surface area (Å²) in [5, 5.41) is 7.77. The summed E-state index contributed by atoms with van der Waals surface area (Å²) in [6.07, 6.45) is 4.89. The molecule has 5 rings (SSSR count). The normalized spacial score (nSPS) is 17.5. The molecular weight excluding hydrogens is 462 g/mol. The van der Waals surface area contributed by atoms with E-state index in [1.165, 1.54) is 17.8 Å². The molecule has 8 heteroatoms. The van der Waals surface area contributed by atoms with Crippen molar-refractivity contribution in [3.05, 3.63) is 89.6 Å². The molecule has 1 aliphatic carbocycles. The van der Waals surface area contributed by atoms with Crippen LogP contribution in [0.15, 0.2) is 66.9 Å². The van der Waals surface area contributed by atoms with E-state index in [1.807, 2.05) is 18.2 Å². The van der Waals surface area contributed by atoms with Crippen LogP contribution in [-0.4, -0.2) is 28.0 Å². The van der Waals surface area contributed by atoms with Gasteiger partial charge in [-0.05, 0) is 74.6 Å². The zero-order chi connectivity index (χ0) is 25.1. The monoisotopic (exact) mass is 488 g/mol. The van der Waals surface area contributed by atoms with Crippen LogP contribution in [0.3, 0.4) is 0 Å². The molecule has 0 spiro atoms. The highest BCUT2D eigenvalue weighted by Gasteiger charge is 2.25. The van der Waals surface area contributed by atoms with E-state index in [-0.39, 0.29) is 35.2 Å². The molecular formula is C28H26F2N4O2. The van der Waals surface area contributed by atoms with Gasteiger partial charge in [0, 0.05) is 29.7 Å². The van der Waals surface area contributed by atoms with Crippen molar-refractivity contribution >= 4 is 22.6 Å². The van der Waals surface area contributed by atoms with Crippen LogP contribution in [0, 0.1) is 18.6 Å². The lowest BCUT2D eigenvalue weighted by Crippen LogP contribution is -2.40. The molecule has 4 aromatic rings. The van der Waals surface area contributed by atoms with Crippen LogP contribution in [-0.2, 0) is 0 Å². The van der Waals surface area contributed by atoms with Gasteiger partial charge in [-0.15, -0.1) is 0 Å². The first-order chi connectivity index (χ1) is 17.5. The van der Waals surface area contributed by atoms with Gasteiger partial charge in [-0.1, -0.05) is 18.2 Å². The molecule has 36 heavy (non-hydrogen) atoms. The third kappa shape index (κ3) is 5.27. The lowest BCUT2D eigenvalue weighted by molar-refractivity contribution is 0.0923. The molecule has 0 saturated heterocycles. The van der Waals surface area contributed by atoms with E-state index in [4.69, 9.17) is 9.72 Å². The number of pyridine rings is 2. The number of aryl methyl sites for hydroxylation is 1. The minimum Gasteiger partial charge on any atom is -0.438 e. The van der Waals surface area contributed by atoms with Gasteiger partial charge in [-0.2, -0.15) is 0 Å². The van der Waals surface area contributed by atoms with Gasteiger partial charge in [0.05, 0.1) is 5.52 Å². The van der Waals surface area contributed by atoms with Gasteiger partial charge in [0.15, 0.2) is 11.6 Å². The number of fused-ring (bicyclic) bond motifs is 1. The Morgan fingerprint density at radius 1 is 0.944 bits per heavy atom. The fourth-order valence-electron chi connectivity index (χ4n) is 4.57. The maximum absolute atomic E-state index is 13.5. The zero-order valence-electron chi connectivity index (χ0n) is 19.8. The molecule has 6 nitrogen and oxygen atoms in total. The van der Waals surface area contributed by atoms with Crippen molar-refractivity contribution in [2.45, 2.75) is 44.7 Å². The number of nitrogens with zero attached hydrogens (tertiary/aromatic N) is 2. The average molecular weight is 489 g/mol. The van der Waals surface area contributed by atoms with E-state index in [0.29, 0.717) is 0 Å². The van der Waals surface area contributed by atoms with Crippen LogP contribution in [0.25, 0.3) is 10.9 Å². The van der Waals surface area contributed by atoms with Crippen LogP contribution in [0.1, 0.15) is 41.6 Å². The third-order valence-corrected chi connectivity index (χ3v) is 6.46. The summed E-state index contributed by atoms with van der Waals surface area (Å²) >= 11 is 0. The molecule has 1 amide bonds. The number of nitrogens with one attached hydrogen (secondary N) is 2. The van der Waals surface area contributed by atoms with Crippen LogP contribution in [0.5, 0.6) is 11.6 Å². The van der Waals surface area contributed by atoms with E-state index in [1.54, 1.807) is 12.1 Å². The molecule has 0 radical (unpaired) electrons. The summed E-state index contributed by atoms with van der Waals surface area (Å²) in [4.78, 5) is 21.8. The largest absolute Gasteiger partial charge is 0.438 e. The zero-order valence-corrected chi connectivity index (χ0v) is 19.8. The topological polar surface area (TPSA) is 76.1 Å². The molecule has 1 fully saturated rings. The minimum absolute atomic E-state index is 0.0122. The van der Waals surface area contributed by atoms with Crippen molar-refractivity contribution in [1.29, 1.82) is 0 Å². The number of benzene rings is 2. The molecule has 2 N–H and O–H groups in total. The summed E-state index contributed by atoms with van der Waals surface area (Å²) in [7, 11) is 0. The second-order valence-electron chi connectivity index (χ2n) is 9.04. The van der Waals surface area contributed by atoms with Crippen molar-refractivity contribution in [3.63, 3.8) is 0 Å². The minimum atomic E-state index is -1.03. The number of rotatable bonds is 6. The Bertz CT molecular complexity index is 1400. The van der Waals surface area contributed by atoms with Gasteiger partial charge in [0.1, 0.15) is 17.1 Å². The van der Waals surface area contributed by atoms with E-state index in [0.717, 1.165) is 54.5 Å². The Balaban J connectivity index is 1.19. The summed E-state index contributed by atoms with van der Waals surface area (Å²) < 4.78 is 32.3. The SMILES string of the molecule is Cc1cc(NC2CCC(NC(=O)c3cccnc3Oc3ccc(F)c(F)c3)CC2)nc2ccccc12. The van der Waals surface area contributed by atoms with Crippen LogP contribution >= 0.6 is 0 Å². The Hall–Kier alpha value is -4.07. The number of anilines is 1. The predicted octanol–water partition coefficient (Wildman–Crippen LogP) is 6.16. The number of aromatic nitrogens is 2. The van der Waals surface area contributed by atoms with Crippen LogP contribution < -0.4 is 15.4 Å². The standard InChI is InChI=1S/C28H26F2N4O2/c1-17-15-26(34-25-7-3-2-5-21(17)25)32-18-8-10-19(11-9-18)33-27(35)22-6-4-14-31-28(22)36-20-12-13-23(29)24(30)16-20/h2-7,12-16,18-19H,8-11H2,1H3,(H,32,34)(H,33,35). The Morgan fingerprint density at radius 2 is 1.72 bits per heavy atom. The molecule has 0 bridgehead atoms. The molecule has 1 aliphatic rings. The molecule has 2 aromatic heterocycles. The van der Waals surface area contributed by atoms with Gasteiger partial charge in [0.2, 0.25) is 5.88 Å². The highest BCUT2D eigenvalue weighted by Crippen LogP contribution is 2.27. The smallest absolute Gasteiger partial charge is 0.257 e. The van der Waals surface area contributed by atoms with Crippen molar-refractivity contribution in [3.8, 4) is 11.6 Å². The van der Waals surface area contributed by atoms with Gasteiger partial charge < -0.3 is 15.4 Å². The van der Waals surface area contributed by atoms with E-state index >= 15 is 0 Å². The van der Waals surface area contributed by atoms with Gasteiger partial charge >= 0.3 is 0 Å². The molecule has 184 valence electrons.